The van der Waals surface area contributed by atoms with Gasteiger partial charge in [0.15, 0.2) is 0 Å². The van der Waals surface area contributed by atoms with Crippen molar-refractivity contribution in [3.63, 3.8) is 0 Å². The van der Waals surface area contributed by atoms with Gasteiger partial charge in [0, 0.05) is 18.9 Å². The summed E-state index contributed by atoms with van der Waals surface area (Å²) >= 11 is 0. The predicted molar refractivity (Wildman–Crippen MR) is 77.4 cm³/mol. The minimum Gasteiger partial charge on any atom is -0.376 e. The summed E-state index contributed by atoms with van der Waals surface area (Å²) in [5.74, 6) is -1.37. The molecule has 0 aromatic carbocycles. The van der Waals surface area contributed by atoms with Gasteiger partial charge in [0.25, 0.3) is 0 Å². The van der Waals surface area contributed by atoms with Crippen LogP contribution < -0.4 is 10.7 Å². The van der Waals surface area contributed by atoms with Crippen molar-refractivity contribution in [1.82, 2.24) is 10.7 Å². The lowest BCUT2D eigenvalue weighted by molar-refractivity contribution is -0.139. The lowest BCUT2D eigenvalue weighted by Gasteiger charge is -2.10. The summed E-state index contributed by atoms with van der Waals surface area (Å²) in [5.41, 5.74) is 3.25. The van der Waals surface area contributed by atoms with E-state index in [0.717, 1.165) is 50.8 Å². The second kappa shape index (κ2) is 9.47. The molecule has 0 unspecified atom stereocenters. The number of hydrazone groups is 1. The number of carbonyl (C=O) groups is 2. The van der Waals surface area contributed by atoms with Crippen molar-refractivity contribution in [2.45, 2.75) is 58.5 Å². The molecule has 0 radical (unpaired) electrons. The van der Waals surface area contributed by atoms with Gasteiger partial charge in [-0.2, -0.15) is 5.10 Å². The Morgan fingerprint density at radius 1 is 1.20 bits per heavy atom. The van der Waals surface area contributed by atoms with Crippen LogP contribution in [-0.4, -0.2) is 36.8 Å². The molecule has 0 saturated carbocycles. The second-order valence-electron chi connectivity index (χ2n) is 4.96. The third kappa shape index (κ3) is 6.14. The highest BCUT2D eigenvalue weighted by molar-refractivity contribution is 6.35. The fourth-order valence-corrected chi connectivity index (χ4v) is 2.09. The van der Waals surface area contributed by atoms with Crippen LogP contribution >= 0.6 is 0 Å². The van der Waals surface area contributed by atoms with Gasteiger partial charge in [-0.05, 0) is 25.7 Å². The molecule has 6 nitrogen and oxygen atoms in total. The average Bonchev–Trinajstić information content (AvgIpc) is 2.95. The maximum Gasteiger partial charge on any atom is 0.329 e. The first-order chi connectivity index (χ1) is 9.67. The lowest BCUT2D eigenvalue weighted by atomic mass is 10.1. The summed E-state index contributed by atoms with van der Waals surface area (Å²) in [6.07, 6.45) is 5.59. The molecule has 0 aromatic heterocycles. The van der Waals surface area contributed by atoms with E-state index >= 15 is 0 Å². The maximum absolute atomic E-state index is 11.6. The molecule has 114 valence electrons. The van der Waals surface area contributed by atoms with Crippen LogP contribution in [0.3, 0.4) is 0 Å². The van der Waals surface area contributed by atoms with Gasteiger partial charge < -0.3 is 10.1 Å². The van der Waals surface area contributed by atoms with Gasteiger partial charge in [-0.1, -0.05) is 26.7 Å². The van der Waals surface area contributed by atoms with E-state index in [0.29, 0.717) is 6.54 Å². The molecule has 0 aromatic rings. The van der Waals surface area contributed by atoms with Crippen molar-refractivity contribution >= 4 is 17.5 Å². The highest BCUT2D eigenvalue weighted by Gasteiger charge is 2.19. The summed E-state index contributed by atoms with van der Waals surface area (Å²) in [6, 6.07) is 0. The largest absolute Gasteiger partial charge is 0.376 e. The van der Waals surface area contributed by atoms with Crippen LogP contribution in [0.25, 0.3) is 0 Å². The Morgan fingerprint density at radius 3 is 2.45 bits per heavy atom. The topological polar surface area (TPSA) is 79.8 Å². The summed E-state index contributed by atoms with van der Waals surface area (Å²) in [4.78, 5) is 23.2. The fourth-order valence-electron chi connectivity index (χ4n) is 2.09. The Labute approximate surface area is 120 Å². The van der Waals surface area contributed by atoms with Crippen LogP contribution in [0, 0.1) is 0 Å². The minimum atomic E-state index is -0.715. The number of nitrogens with zero attached hydrogens (tertiary/aromatic N) is 1. The molecule has 1 atom stereocenters. The Hall–Kier alpha value is -1.43. The van der Waals surface area contributed by atoms with Crippen molar-refractivity contribution in [3.05, 3.63) is 0 Å². The van der Waals surface area contributed by atoms with E-state index in [2.05, 4.69) is 29.7 Å². The van der Waals surface area contributed by atoms with Gasteiger partial charge in [0.05, 0.1) is 6.10 Å². The first-order valence-electron chi connectivity index (χ1n) is 7.42. The molecule has 6 heteroatoms. The molecular weight excluding hydrogens is 258 g/mol. The molecule has 1 fully saturated rings. The van der Waals surface area contributed by atoms with Crippen LogP contribution in [0.4, 0.5) is 0 Å². The summed E-state index contributed by atoms with van der Waals surface area (Å²) in [6.45, 7) is 5.23. The number of hydrogen-bond donors (Lipinski definition) is 2. The summed E-state index contributed by atoms with van der Waals surface area (Å²) < 4.78 is 5.37. The molecule has 2 N–H and O–H groups in total. The zero-order valence-electron chi connectivity index (χ0n) is 12.4. The molecule has 1 rings (SSSR count). The van der Waals surface area contributed by atoms with Crippen LogP contribution in [-0.2, 0) is 14.3 Å². The van der Waals surface area contributed by atoms with Gasteiger partial charge >= 0.3 is 11.8 Å². The normalized spacial score (nSPS) is 17.6. The van der Waals surface area contributed by atoms with E-state index in [4.69, 9.17) is 4.74 Å². The van der Waals surface area contributed by atoms with Gasteiger partial charge in [-0.15, -0.1) is 0 Å². The van der Waals surface area contributed by atoms with E-state index in [1.807, 2.05) is 0 Å². The predicted octanol–water partition coefficient (Wildman–Crippen LogP) is 1.35. The third-order valence-corrected chi connectivity index (χ3v) is 3.11. The van der Waals surface area contributed by atoms with Gasteiger partial charge in [0.1, 0.15) is 0 Å². The molecule has 20 heavy (non-hydrogen) atoms. The Kier molecular flexibility index (Phi) is 7.87. The number of amides is 2. The van der Waals surface area contributed by atoms with Gasteiger partial charge in [-0.3, -0.25) is 9.59 Å². The maximum atomic E-state index is 11.6. The average molecular weight is 283 g/mol. The zero-order valence-corrected chi connectivity index (χ0v) is 12.4. The van der Waals surface area contributed by atoms with E-state index in [1.165, 1.54) is 0 Å². The van der Waals surface area contributed by atoms with Crippen LogP contribution in [0.1, 0.15) is 52.4 Å². The highest BCUT2D eigenvalue weighted by Crippen LogP contribution is 2.10. The zero-order chi connectivity index (χ0) is 14.8. The van der Waals surface area contributed by atoms with Crippen molar-refractivity contribution in [1.29, 1.82) is 0 Å². The van der Waals surface area contributed by atoms with E-state index in [1.54, 1.807) is 0 Å². The second-order valence-corrected chi connectivity index (χ2v) is 4.96. The summed E-state index contributed by atoms with van der Waals surface area (Å²) in [5, 5.41) is 6.60. The first-order valence-corrected chi connectivity index (χ1v) is 7.42. The molecule has 2 amide bonds. The number of rotatable bonds is 7. The number of hydrogen-bond acceptors (Lipinski definition) is 4. The molecule has 1 heterocycles. The van der Waals surface area contributed by atoms with Crippen LogP contribution in [0.2, 0.25) is 0 Å². The van der Waals surface area contributed by atoms with Crippen molar-refractivity contribution < 1.29 is 14.3 Å². The Bertz CT molecular complexity index is 342. The lowest BCUT2D eigenvalue weighted by Crippen LogP contribution is -2.41. The standard InChI is InChI=1S/C14H25N3O3/c1-3-6-11(7-4-2)16-17-14(19)13(18)15-10-12-8-5-9-20-12/h12H,3-10H2,1-2H3,(H,15,18)(H,17,19)/t12-/m1/s1. The molecule has 0 aliphatic carbocycles. The van der Waals surface area contributed by atoms with Crippen molar-refractivity contribution in [3.8, 4) is 0 Å². The first kappa shape index (κ1) is 16.6. The molecule has 1 saturated heterocycles. The molecule has 1 aliphatic rings. The fraction of sp³-hybridized carbons (Fsp3) is 0.786. The number of nitrogens with one attached hydrogen (secondary N) is 2. The van der Waals surface area contributed by atoms with Gasteiger partial charge in [0.2, 0.25) is 0 Å². The smallest absolute Gasteiger partial charge is 0.329 e. The van der Waals surface area contributed by atoms with Crippen LogP contribution in [0.5, 0.6) is 0 Å². The number of ether oxygens (including phenoxy) is 1. The monoisotopic (exact) mass is 283 g/mol. The molecule has 0 spiro atoms. The van der Waals surface area contributed by atoms with E-state index in [9.17, 15) is 9.59 Å². The molecule has 1 aliphatic heterocycles. The minimum absolute atomic E-state index is 0.0333. The molecule has 0 bridgehead atoms. The van der Waals surface area contributed by atoms with Crippen LogP contribution in [0.15, 0.2) is 5.10 Å². The van der Waals surface area contributed by atoms with Crippen molar-refractivity contribution in [2.24, 2.45) is 5.10 Å². The van der Waals surface area contributed by atoms with E-state index < -0.39 is 11.8 Å². The molecular formula is C14H25N3O3. The Morgan fingerprint density at radius 2 is 1.90 bits per heavy atom. The Balaban J connectivity index is 2.31. The third-order valence-electron chi connectivity index (χ3n) is 3.11. The quantitative estimate of drug-likeness (QED) is 0.420. The van der Waals surface area contributed by atoms with Gasteiger partial charge in [-0.25, -0.2) is 5.43 Å². The van der Waals surface area contributed by atoms with E-state index in [-0.39, 0.29) is 6.10 Å². The number of carbonyl (C=O) groups excluding carboxylic acids is 2. The highest BCUT2D eigenvalue weighted by atomic mass is 16.5. The SMILES string of the molecule is CCCC(CCC)=NNC(=O)C(=O)NC[C@H]1CCCO1. The summed E-state index contributed by atoms with van der Waals surface area (Å²) in [7, 11) is 0. The van der Waals surface area contributed by atoms with Crippen molar-refractivity contribution in [2.75, 3.05) is 13.2 Å².